The van der Waals surface area contributed by atoms with E-state index in [4.69, 9.17) is 5.11 Å². The van der Waals surface area contributed by atoms with E-state index in [1.54, 1.807) is 6.92 Å². The summed E-state index contributed by atoms with van der Waals surface area (Å²) in [6.45, 7) is 3.22. The van der Waals surface area contributed by atoms with Crippen LogP contribution in [0.25, 0.3) is 0 Å². The molecule has 3 heteroatoms. The molecule has 0 aromatic heterocycles. The highest BCUT2D eigenvalue weighted by atomic mass is 16.3. The second-order valence-corrected chi connectivity index (χ2v) is 3.10. The highest BCUT2D eigenvalue weighted by molar-refractivity contribution is 5.94. The van der Waals surface area contributed by atoms with Crippen molar-refractivity contribution in [2.45, 2.75) is 20.3 Å². The van der Waals surface area contributed by atoms with Gasteiger partial charge in [0, 0.05) is 5.92 Å². The Bertz CT molecular complexity index is 273. The number of allylic oxidation sites excluding steroid dienone is 3. The number of Topliss-reactive ketones (excluding diaryl/α,β-unsaturated/α-hetero) is 1. The Labute approximate surface area is 71.0 Å². The van der Waals surface area contributed by atoms with Crippen LogP contribution in [0.2, 0.25) is 0 Å². The topological polar surface area (TPSA) is 57.5 Å². The van der Waals surface area contributed by atoms with Crippen LogP contribution in [-0.4, -0.2) is 16.0 Å². The molecule has 0 saturated carbocycles. The quantitative estimate of drug-likeness (QED) is 0.628. The minimum atomic E-state index is -0.182. The summed E-state index contributed by atoms with van der Waals surface area (Å²) in [5.41, 5.74) is 0.567. The number of carbonyl (C=O) groups is 1. The molecular weight excluding hydrogens is 156 g/mol. The van der Waals surface area contributed by atoms with Crippen LogP contribution >= 0.6 is 0 Å². The van der Waals surface area contributed by atoms with Crippen molar-refractivity contribution in [3.05, 3.63) is 23.2 Å². The molecule has 1 rings (SSSR count). The molecule has 0 fully saturated rings. The summed E-state index contributed by atoms with van der Waals surface area (Å²) >= 11 is 0. The molecule has 66 valence electrons. The molecule has 1 atom stereocenters. The second-order valence-electron chi connectivity index (χ2n) is 3.10. The summed E-state index contributed by atoms with van der Waals surface area (Å²) < 4.78 is 0. The third-order valence-electron chi connectivity index (χ3n) is 2.02. The number of carbonyl (C=O) groups excluding carboxylic acids is 1. The minimum absolute atomic E-state index is 0.0278. The summed E-state index contributed by atoms with van der Waals surface area (Å²) in [6, 6.07) is 0. The second kappa shape index (κ2) is 3.01. The third kappa shape index (κ3) is 1.49. The third-order valence-corrected chi connectivity index (χ3v) is 2.02. The van der Waals surface area contributed by atoms with E-state index in [0.29, 0.717) is 12.0 Å². The van der Waals surface area contributed by atoms with Crippen LogP contribution < -0.4 is 0 Å². The Morgan fingerprint density at radius 2 is 2.17 bits per heavy atom. The van der Waals surface area contributed by atoms with Crippen molar-refractivity contribution in [3.63, 3.8) is 0 Å². The van der Waals surface area contributed by atoms with Gasteiger partial charge in [-0.15, -0.1) is 0 Å². The highest BCUT2D eigenvalue weighted by Crippen LogP contribution is 2.26. The molecule has 1 unspecified atom stereocenters. The predicted octanol–water partition coefficient (Wildman–Crippen LogP) is 1.87. The Morgan fingerprint density at radius 1 is 1.58 bits per heavy atom. The van der Waals surface area contributed by atoms with Crippen molar-refractivity contribution >= 4 is 5.78 Å². The van der Waals surface area contributed by atoms with Crippen LogP contribution in [0.5, 0.6) is 0 Å². The Balaban J connectivity index is 2.98. The summed E-state index contributed by atoms with van der Waals surface area (Å²) in [7, 11) is 0. The van der Waals surface area contributed by atoms with E-state index in [2.05, 4.69) is 0 Å². The molecule has 0 heterocycles. The van der Waals surface area contributed by atoms with E-state index in [1.165, 1.54) is 13.0 Å². The van der Waals surface area contributed by atoms with Gasteiger partial charge in [-0.1, -0.05) is 6.92 Å². The molecular formula is C9H12O3. The smallest absolute Gasteiger partial charge is 0.155 e. The van der Waals surface area contributed by atoms with E-state index < -0.39 is 0 Å². The fraction of sp³-hybridized carbons (Fsp3) is 0.444. The summed E-state index contributed by atoms with van der Waals surface area (Å²) in [4.78, 5) is 10.9. The Kier molecular flexibility index (Phi) is 2.22. The van der Waals surface area contributed by atoms with Crippen LogP contribution in [0.15, 0.2) is 23.2 Å². The molecule has 1 aliphatic rings. The van der Waals surface area contributed by atoms with E-state index in [1.807, 2.05) is 0 Å². The molecule has 2 N–H and O–H groups in total. The molecule has 0 spiro atoms. The Hall–Kier alpha value is -1.25. The summed E-state index contributed by atoms with van der Waals surface area (Å²) in [5, 5.41) is 18.4. The van der Waals surface area contributed by atoms with Gasteiger partial charge >= 0.3 is 0 Å². The van der Waals surface area contributed by atoms with Crippen LogP contribution in [-0.2, 0) is 4.79 Å². The molecule has 0 bridgehead atoms. The first-order valence-corrected chi connectivity index (χ1v) is 3.86. The van der Waals surface area contributed by atoms with Gasteiger partial charge < -0.3 is 10.2 Å². The lowest BCUT2D eigenvalue weighted by Crippen LogP contribution is -2.12. The van der Waals surface area contributed by atoms with Crippen molar-refractivity contribution in [1.29, 1.82) is 0 Å². The number of hydrogen-bond acceptors (Lipinski definition) is 3. The maximum Gasteiger partial charge on any atom is 0.155 e. The number of rotatable bonds is 1. The van der Waals surface area contributed by atoms with Crippen molar-refractivity contribution in [2.24, 2.45) is 5.92 Å². The lowest BCUT2D eigenvalue weighted by atomic mass is 9.91. The fourth-order valence-corrected chi connectivity index (χ4v) is 1.22. The van der Waals surface area contributed by atoms with E-state index in [9.17, 15) is 9.90 Å². The molecule has 1 aliphatic carbocycles. The molecule has 0 aromatic carbocycles. The predicted molar refractivity (Wildman–Crippen MR) is 44.8 cm³/mol. The number of aliphatic hydroxyl groups excluding tert-OH is 2. The van der Waals surface area contributed by atoms with Gasteiger partial charge in [-0.25, -0.2) is 0 Å². The van der Waals surface area contributed by atoms with Gasteiger partial charge in [0.2, 0.25) is 0 Å². The van der Waals surface area contributed by atoms with Gasteiger partial charge in [0.1, 0.15) is 5.76 Å². The van der Waals surface area contributed by atoms with Crippen molar-refractivity contribution < 1.29 is 15.0 Å². The molecule has 0 aliphatic heterocycles. The average molecular weight is 168 g/mol. The molecule has 0 radical (unpaired) electrons. The molecule has 0 aromatic rings. The number of ketones is 1. The number of hydrogen-bond donors (Lipinski definition) is 2. The molecule has 12 heavy (non-hydrogen) atoms. The van der Waals surface area contributed by atoms with Crippen molar-refractivity contribution in [1.82, 2.24) is 0 Å². The average Bonchev–Trinajstić information content (AvgIpc) is 1.99. The SMILES string of the molecule is CC(=O)C1=CC(O)=C(O)C(C)C1. The van der Waals surface area contributed by atoms with Gasteiger partial charge in [0.25, 0.3) is 0 Å². The Morgan fingerprint density at radius 3 is 2.58 bits per heavy atom. The van der Waals surface area contributed by atoms with Gasteiger partial charge in [0.15, 0.2) is 11.5 Å². The first-order chi connectivity index (χ1) is 5.52. The van der Waals surface area contributed by atoms with Crippen LogP contribution in [0.4, 0.5) is 0 Å². The van der Waals surface area contributed by atoms with Gasteiger partial charge in [-0.2, -0.15) is 0 Å². The van der Waals surface area contributed by atoms with Gasteiger partial charge in [-0.05, 0) is 25.0 Å². The van der Waals surface area contributed by atoms with Crippen LogP contribution in [0.3, 0.4) is 0 Å². The van der Waals surface area contributed by atoms with Crippen molar-refractivity contribution in [2.75, 3.05) is 0 Å². The lowest BCUT2D eigenvalue weighted by molar-refractivity contribution is -0.113. The zero-order chi connectivity index (χ0) is 9.30. The first kappa shape index (κ1) is 8.84. The first-order valence-electron chi connectivity index (χ1n) is 3.86. The van der Waals surface area contributed by atoms with E-state index >= 15 is 0 Å². The lowest BCUT2D eigenvalue weighted by Gasteiger charge is -2.17. The van der Waals surface area contributed by atoms with Crippen LogP contribution in [0.1, 0.15) is 20.3 Å². The molecule has 0 amide bonds. The zero-order valence-corrected chi connectivity index (χ0v) is 7.16. The minimum Gasteiger partial charge on any atom is -0.508 e. The van der Waals surface area contributed by atoms with Crippen molar-refractivity contribution in [3.8, 4) is 0 Å². The van der Waals surface area contributed by atoms with Gasteiger partial charge in [-0.3, -0.25) is 4.79 Å². The highest BCUT2D eigenvalue weighted by Gasteiger charge is 2.21. The van der Waals surface area contributed by atoms with Gasteiger partial charge in [0.05, 0.1) is 0 Å². The van der Waals surface area contributed by atoms with E-state index in [0.717, 1.165) is 0 Å². The summed E-state index contributed by atoms with van der Waals surface area (Å²) in [6.07, 6.45) is 1.84. The molecule has 3 nitrogen and oxygen atoms in total. The maximum atomic E-state index is 10.9. The fourth-order valence-electron chi connectivity index (χ4n) is 1.22. The largest absolute Gasteiger partial charge is 0.508 e. The standard InChI is InChI=1S/C9H12O3/c1-5-3-7(6(2)10)4-8(11)9(5)12/h4-5,11-12H,3H2,1-2H3. The zero-order valence-electron chi connectivity index (χ0n) is 7.16. The summed E-state index contributed by atoms with van der Waals surface area (Å²) in [5.74, 6) is -0.422. The number of aliphatic hydroxyl groups is 2. The van der Waals surface area contributed by atoms with Crippen LogP contribution in [0, 0.1) is 5.92 Å². The van der Waals surface area contributed by atoms with E-state index in [-0.39, 0.29) is 23.2 Å². The normalized spacial score (nSPS) is 23.8. The monoisotopic (exact) mass is 168 g/mol. The maximum absolute atomic E-state index is 10.9. The molecule has 0 saturated heterocycles.